The van der Waals surface area contributed by atoms with Gasteiger partial charge in [-0.25, -0.2) is 4.39 Å². The van der Waals surface area contributed by atoms with Crippen molar-refractivity contribution in [3.63, 3.8) is 0 Å². The molecule has 0 amide bonds. The molecule has 1 aliphatic rings. The van der Waals surface area contributed by atoms with E-state index in [1.165, 1.54) is 0 Å². The monoisotopic (exact) mass is 192 g/mol. The van der Waals surface area contributed by atoms with Crippen molar-refractivity contribution in [1.82, 2.24) is 10.2 Å². The molecule has 1 aromatic carbocycles. The van der Waals surface area contributed by atoms with Gasteiger partial charge in [-0.1, -0.05) is 6.07 Å². The molecule has 14 heavy (non-hydrogen) atoms. The average Bonchev–Trinajstić information content (AvgIpc) is 2.54. The van der Waals surface area contributed by atoms with Gasteiger partial charge in [0, 0.05) is 18.9 Å². The number of rotatable bonds is 2. The maximum atomic E-state index is 13.0. The van der Waals surface area contributed by atoms with E-state index in [4.69, 9.17) is 0 Å². The van der Waals surface area contributed by atoms with Gasteiger partial charge in [-0.2, -0.15) is 0 Å². The Morgan fingerprint density at radius 3 is 2.93 bits per heavy atom. The summed E-state index contributed by atoms with van der Waals surface area (Å²) < 4.78 is 13.0. The Morgan fingerprint density at radius 2 is 2.29 bits per heavy atom. The van der Waals surface area contributed by atoms with Crippen molar-refractivity contribution < 1.29 is 4.39 Å². The molecule has 0 aliphatic carbocycles. The van der Waals surface area contributed by atoms with E-state index in [1.807, 2.05) is 25.4 Å². The third kappa shape index (κ3) is 2.05. The normalized spacial score (nSPS) is 14.6. The lowest BCUT2D eigenvalue weighted by molar-refractivity contribution is 0.384. The Hall–Kier alpha value is -1.51. The van der Waals surface area contributed by atoms with Gasteiger partial charge in [-0.05, 0) is 30.2 Å². The van der Waals surface area contributed by atoms with Crippen LogP contribution in [-0.2, 0) is 6.54 Å². The van der Waals surface area contributed by atoms with Crippen molar-refractivity contribution in [1.29, 1.82) is 0 Å². The van der Waals surface area contributed by atoms with Crippen LogP contribution >= 0.6 is 0 Å². The van der Waals surface area contributed by atoms with Crippen LogP contribution in [0.1, 0.15) is 11.1 Å². The molecule has 2 rings (SSSR count). The van der Waals surface area contributed by atoms with Crippen LogP contribution in [0.4, 0.5) is 4.39 Å². The van der Waals surface area contributed by atoms with Gasteiger partial charge in [0.1, 0.15) is 5.82 Å². The van der Waals surface area contributed by atoms with E-state index in [1.54, 1.807) is 12.1 Å². The number of hydrogen-bond acceptors (Lipinski definition) is 2. The van der Waals surface area contributed by atoms with Crippen molar-refractivity contribution in [3.05, 3.63) is 47.5 Å². The van der Waals surface area contributed by atoms with E-state index in [0.29, 0.717) is 0 Å². The Balaban J connectivity index is 2.11. The summed E-state index contributed by atoms with van der Waals surface area (Å²) in [5, 5.41) is 3.07. The van der Waals surface area contributed by atoms with Gasteiger partial charge >= 0.3 is 0 Å². The molecule has 1 heterocycles. The van der Waals surface area contributed by atoms with Gasteiger partial charge in [-0.3, -0.25) is 0 Å². The lowest BCUT2D eigenvalue weighted by Gasteiger charge is -2.14. The van der Waals surface area contributed by atoms with Crippen molar-refractivity contribution in [3.8, 4) is 0 Å². The molecule has 1 aliphatic heterocycles. The van der Waals surface area contributed by atoms with Crippen molar-refractivity contribution in [2.24, 2.45) is 0 Å². The Morgan fingerprint density at radius 1 is 1.43 bits per heavy atom. The SMILES string of the molecule is Cc1cc(F)cc(CN2C=CNC2)c1. The highest BCUT2D eigenvalue weighted by Crippen LogP contribution is 2.11. The number of aryl methyl sites for hydroxylation is 1. The van der Waals surface area contributed by atoms with Gasteiger partial charge in [0.15, 0.2) is 0 Å². The lowest BCUT2D eigenvalue weighted by Crippen LogP contribution is -2.20. The molecule has 0 bridgehead atoms. The maximum absolute atomic E-state index is 13.0. The zero-order valence-electron chi connectivity index (χ0n) is 8.13. The smallest absolute Gasteiger partial charge is 0.123 e. The summed E-state index contributed by atoms with van der Waals surface area (Å²) in [6.07, 6.45) is 3.87. The van der Waals surface area contributed by atoms with Crippen LogP contribution in [0.5, 0.6) is 0 Å². The summed E-state index contributed by atoms with van der Waals surface area (Å²) in [4.78, 5) is 2.09. The molecule has 0 saturated carbocycles. The first kappa shape index (κ1) is 9.06. The largest absolute Gasteiger partial charge is 0.373 e. The summed E-state index contributed by atoms with van der Waals surface area (Å²) in [5.41, 5.74) is 1.98. The first-order chi connectivity index (χ1) is 6.74. The van der Waals surface area contributed by atoms with E-state index in [9.17, 15) is 4.39 Å². The molecular formula is C11H13FN2. The number of nitrogens with one attached hydrogen (secondary N) is 1. The molecule has 0 spiro atoms. The standard InChI is InChI=1S/C11H13FN2/c1-9-4-10(6-11(12)5-9)7-14-3-2-13-8-14/h2-6,13H,7-8H2,1H3. The Kier molecular flexibility index (Phi) is 2.39. The number of nitrogens with zero attached hydrogens (tertiary/aromatic N) is 1. The van der Waals surface area contributed by atoms with Crippen LogP contribution in [0.15, 0.2) is 30.6 Å². The minimum atomic E-state index is -0.156. The molecular weight excluding hydrogens is 179 g/mol. The maximum Gasteiger partial charge on any atom is 0.123 e. The first-order valence-electron chi connectivity index (χ1n) is 4.64. The quantitative estimate of drug-likeness (QED) is 0.770. The predicted octanol–water partition coefficient (Wildman–Crippen LogP) is 1.97. The molecule has 0 aromatic heterocycles. The minimum Gasteiger partial charge on any atom is -0.373 e. The third-order valence-corrected chi connectivity index (χ3v) is 2.19. The van der Waals surface area contributed by atoms with Crippen LogP contribution in [0.25, 0.3) is 0 Å². The van der Waals surface area contributed by atoms with E-state index in [-0.39, 0.29) is 5.82 Å². The zero-order chi connectivity index (χ0) is 9.97. The molecule has 1 N–H and O–H groups in total. The summed E-state index contributed by atoms with van der Waals surface area (Å²) >= 11 is 0. The van der Waals surface area contributed by atoms with Gasteiger partial charge in [-0.15, -0.1) is 0 Å². The third-order valence-electron chi connectivity index (χ3n) is 2.19. The van der Waals surface area contributed by atoms with Crippen molar-refractivity contribution >= 4 is 0 Å². The number of halogens is 1. The highest BCUT2D eigenvalue weighted by molar-refractivity contribution is 5.23. The summed E-state index contributed by atoms with van der Waals surface area (Å²) in [7, 11) is 0. The summed E-state index contributed by atoms with van der Waals surface area (Å²) in [6.45, 7) is 3.46. The number of hydrogen-bond donors (Lipinski definition) is 1. The first-order valence-corrected chi connectivity index (χ1v) is 4.64. The fourth-order valence-electron chi connectivity index (χ4n) is 1.63. The van der Waals surface area contributed by atoms with E-state index < -0.39 is 0 Å². The fourth-order valence-corrected chi connectivity index (χ4v) is 1.63. The lowest BCUT2D eigenvalue weighted by atomic mass is 10.1. The molecule has 0 atom stereocenters. The van der Waals surface area contributed by atoms with Gasteiger partial charge < -0.3 is 10.2 Å². The topological polar surface area (TPSA) is 15.3 Å². The van der Waals surface area contributed by atoms with E-state index >= 15 is 0 Å². The van der Waals surface area contributed by atoms with Crippen LogP contribution in [0.3, 0.4) is 0 Å². The molecule has 0 unspecified atom stereocenters. The van der Waals surface area contributed by atoms with E-state index in [0.717, 1.165) is 24.3 Å². The highest BCUT2D eigenvalue weighted by atomic mass is 19.1. The minimum absolute atomic E-state index is 0.156. The zero-order valence-corrected chi connectivity index (χ0v) is 8.13. The van der Waals surface area contributed by atoms with Crippen LogP contribution in [0, 0.1) is 12.7 Å². The molecule has 0 fully saturated rings. The molecule has 1 aromatic rings. The average molecular weight is 192 g/mol. The van der Waals surface area contributed by atoms with Crippen LogP contribution < -0.4 is 5.32 Å². The number of benzene rings is 1. The summed E-state index contributed by atoms with van der Waals surface area (Å²) in [6, 6.07) is 5.13. The van der Waals surface area contributed by atoms with Gasteiger partial charge in [0.2, 0.25) is 0 Å². The van der Waals surface area contributed by atoms with Crippen LogP contribution in [-0.4, -0.2) is 11.6 Å². The molecule has 3 heteroatoms. The second kappa shape index (κ2) is 3.70. The second-order valence-corrected chi connectivity index (χ2v) is 3.56. The second-order valence-electron chi connectivity index (χ2n) is 3.56. The molecule has 74 valence electrons. The Labute approximate surface area is 83.0 Å². The van der Waals surface area contributed by atoms with Crippen molar-refractivity contribution in [2.75, 3.05) is 6.67 Å². The Bertz CT molecular complexity index is 340. The fraction of sp³-hybridized carbons (Fsp3) is 0.273. The molecule has 0 radical (unpaired) electrons. The van der Waals surface area contributed by atoms with E-state index in [2.05, 4.69) is 10.2 Å². The summed E-state index contributed by atoms with van der Waals surface area (Å²) in [5.74, 6) is -0.156. The predicted molar refractivity (Wildman–Crippen MR) is 53.8 cm³/mol. The van der Waals surface area contributed by atoms with Crippen LogP contribution in [0.2, 0.25) is 0 Å². The van der Waals surface area contributed by atoms with Gasteiger partial charge in [0.25, 0.3) is 0 Å². The van der Waals surface area contributed by atoms with Crippen molar-refractivity contribution in [2.45, 2.75) is 13.5 Å². The highest BCUT2D eigenvalue weighted by Gasteiger charge is 2.05. The molecule has 0 saturated heterocycles. The molecule has 2 nitrogen and oxygen atoms in total. The van der Waals surface area contributed by atoms with Gasteiger partial charge in [0.05, 0.1) is 6.67 Å².